The molecule has 0 aliphatic rings. The number of anilines is 2. The maximum atomic E-state index is 13.1. The van der Waals surface area contributed by atoms with E-state index in [1.807, 2.05) is 18.2 Å². The molecule has 6 nitrogen and oxygen atoms in total. The Balaban J connectivity index is 1.84. The second-order valence-electron chi connectivity index (χ2n) is 5.51. The van der Waals surface area contributed by atoms with Gasteiger partial charge in [-0.2, -0.15) is 0 Å². The fourth-order valence-corrected chi connectivity index (χ4v) is 2.79. The van der Waals surface area contributed by atoms with Gasteiger partial charge < -0.3 is 10.6 Å². The van der Waals surface area contributed by atoms with Crippen LogP contribution >= 0.6 is 11.6 Å². The highest BCUT2D eigenvalue weighted by Gasteiger charge is 2.06. The summed E-state index contributed by atoms with van der Waals surface area (Å²) in [5, 5.41) is 5.23. The van der Waals surface area contributed by atoms with Gasteiger partial charge in [-0.3, -0.25) is 4.55 Å². The number of rotatable bonds is 8. The third kappa shape index (κ3) is 7.09. The molecule has 0 aliphatic heterocycles. The van der Waals surface area contributed by atoms with Gasteiger partial charge in [0, 0.05) is 17.9 Å². The van der Waals surface area contributed by atoms with E-state index in [4.69, 9.17) is 16.2 Å². The van der Waals surface area contributed by atoms with E-state index in [1.165, 1.54) is 18.2 Å². The Hall–Kier alpha value is -2.00. The molecule has 2 aromatic carbocycles. The van der Waals surface area contributed by atoms with Gasteiger partial charge in [-0.25, -0.2) is 18.1 Å². The van der Waals surface area contributed by atoms with Gasteiger partial charge in [-0.15, -0.1) is 0 Å². The Morgan fingerprint density at radius 1 is 1.12 bits per heavy atom. The van der Waals surface area contributed by atoms with Crippen LogP contribution < -0.4 is 15.4 Å². The minimum Gasteiger partial charge on any atom is -0.308 e. The molecular formula is C17H19ClFN3O3S. The molecule has 0 saturated heterocycles. The summed E-state index contributed by atoms with van der Waals surface area (Å²) < 4.78 is 34.6. The van der Waals surface area contributed by atoms with E-state index in [0.29, 0.717) is 17.9 Å². The van der Waals surface area contributed by atoms with Crippen molar-refractivity contribution in [3.63, 3.8) is 0 Å². The number of hydrogen-bond acceptors (Lipinski definition) is 2. The van der Waals surface area contributed by atoms with E-state index in [9.17, 15) is 13.4 Å². The predicted octanol–water partition coefficient (Wildman–Crippen LogP) is 4.17. The van der Waals surface area contributed by atoms with Crippen molar-refractivity contribution in [2.45, 2.75) is 19.3 Å². The lowest BCUT2D eigenvalue weighted by Gasteiger charge is -2.09. The molecule has 1 unspecified atom stereocenters. The van der Waals surface area contributed by atoms with Crippen LogP contribution in [-0.2, 0) is 17.7 Å². The summed E-state index contributed by atoms with van der Waals surface area (Å²) in [5.74, 6) is -0.550. The van der Waals surface area contributed by atoms with E-state index < -0.39 is 23.1 Å². The fraction of sp³-hybridized carbons (Fsp3) is 0.235. The fourth-order valence-electron chi connectivity index (χ4n) is 2.29. The number of hydrogen-bond donors (Lipinski definition) is 4. The van der Waals surface area contributed by atoms with Gasteiger partial charge in [-0.1, -0.05) is 23.7 Å². The van der Waals surface area contributed by atoms with Crippen molar-refractivity contribution in [2.24, 2.45) is 0 Å². The first-order valence-electron chi connectivity index (χ1n) is 7.90. The molecule has 0 aromatic heterocycles. The molecule has 2 aromatic rings. The molecule has 9 heteroatoms. The number of carbonyl (C=O) groups is 1. The minimum atomic E-state index is -1.98. The van der Waals surface area contributed by atoms with Crippen molar-refractivity contribution in [2.75, 3.05) is 17.2 Å². The van der Waals surface area contributed by atoms with Gasteiger partial charge in [0.15, 0.2) is 0 Å². The number of amides is 2. The van der Waals surface area contributed by atoms with Crippen LogP contribution in [0.25, 0.3) is 0 Å². The first-order chi connectivity index (χ1) is 12.4. The van der Waals surface area contributed by atoms with Crippen molar-refractivity contribution in [1.82, 2.24) is 4.72 Å². The lowest BCUT2D eigenvalue weighted by atomic mass is 10.1. The molecule has 2 amide bonds. The SMILES string of the molecule is O=C(Nc1cccc(CCCCNS(=O)O)c1)Nc1ccc(F)c(Cl)c1. The van der Waals surface area contributed by atoms with Gasteiger partial charge >= 0.3 is 6.03 Å². The zero-order valence-corrected chi connectivity index (χ0v) is 15.4. The Morgan fingerprint density at radius 3 is 2.54 bits per heavy atom. The van der Waals surface area contributed by atoms with Crippen molar-refractivity contribution >= 4 is 40.3 Å². The van der Waals surface area contributed by atoms with Gasteiger partial charge in [-0.05, 0) is 55.2 Å². The lowest BCUT2D eigenvalue weighted by Crippen LogP contribution is -2.19. The van der Waals surface area contributed by atoms with E-state index in [0.717, 1.165) is 24.8 Å². The third-order valence-corrected chi connectivity index (χ3v) is 4.22. The zero-order valence-electron chi connectivity index (χ0n) is 13.8. The zero-order chi connectivity index (χ0) is 18.9. The molecule has 4 N–H and O–H groups in total. The summed E-state index contributed by atoms with van der Waals surface area (Å²) in [6.45, 7) is 0.462. The van der Waals surface area contributed by atoms with Crippen LogP contribution in [0.3, 0.4) is 0 Å². The van der Waals surface area contributed by atoms with E-state index in [2.05, 4.69) is 15.4 Å². The topological polar surface area (TPSA) is 90.5 Å². The standard InChI is InChI=1S/C17H19ClFN3O3S/c18-15-11-14(7-8-16(15)19)22-17(23)21-13-6-3-5-12(10-13)4-1-2-9-20-26(24)25/h3,5-8,10-11,20H,1-2,4,9H2,(H,24,25)(H2,21,22,23). The average molecular weight is 400 g/mol. The summed E-state index contributed by atoms with van der Waals surface area (Å²) >= 11 is 3.71. The quantitative estimate of drug-likeness (QED) is 0.396. The van der Waals surface area contributed by atoms with Gasteiger partial charge in [0.25, 0.3) is 0 Å². The Bertz CT molecular complexity index is 792. The molecule has 0 spiro atoms. The summed E-state index contributed by atoms with van der Waals surface area (Å²) in [4.78, 5) is 12.0. The second-order valence-corrected chi connectivity index (χ2v) is 6.70. The van der Waals surface area contributed by atoms with Gasteiger partial charge in [0.2, 0.25) is 11.3 Å². The van der Waals surface area contributed by atoms with Crippen molar-refractivity contribution in [1.29, 1.82) is 0 Å². The van der Waals surface area contributed by atoms with Crippen LogP contribution in [0.15, 0.2) is 42.5 Å². The highest BCUT2D eigenvalue weighted by Crippen LogP contribution is 2.20. The van der Waals surface area contributed by atoms with Crippen LogP contribution in [0.5, 0.6) is 0 Å². The minimum absolute atomic E-state index is 0.0654. The molecule has 0 fully saturated rings. The number of nitrogens with one attached hydrogen (secondary N) is 3. The van der Waals surface area contributed by atoms with E-state index in [1.54, 1.807) is 6.07 Å². The lowest BCUT2D eigenvalue weighted by molar-refractivity contribution is 0.262. The summed E-state index contributed by atoms with van der Waals surface area (Å²) in [7, 11) is 0. The van der Waals surface area contributed by atoms with E-state index in [-0.39, 0.29) is 5.02 Å². The monoisotopic (exact) mass is 399 g/mol. The normalized spacial score (nSPS) is 11.8. The molecular weight excluding hydrogens is 381 g/mol. The van der Waals surface area contributed by atoms with Gasteiger partial charge in [0.1, 0.15) is 5.82 Å². The number of benzene rings is 2. The number of aryl methyl sites for hydroxylation is 1. The van der Waals surface area contributed by atoms with E-state index >= 15 is 0 Å². The van der Waals surface area contributed by atoms with Crippen LogP contribution in [0.2, 0.25) is 5.02 Å². The predicted molar refractivity (Wildman–Crippen MR) is 102 cm³/mol. The molecule has 0 heterocycles. The number of carbonyl (C=O) groups excluding carboxylic acids is 1. The molecule has 0 radical (unpaired) electrons. The van der Waals surface area contributed by atoms with Crippen molar-refractivity contribution in [3.8, 4) is 0 Å². The first-order valence-corrected chi connectivity index (χ1v) is 9.39. The number of urea groups is 1. The number of halogens is 2. The molecule has 140 valence electrons. The molecule has 0 saturated carbocycles. The highest BCUT2D eigenvalue weighted by atomic mass is 35.5. The number of unbranched alkanes of at least 4 members (excludes halogenated alkanes) is 1. The molecule has 0 aliphatic carbocycles. The first kappa shape index (κ1) is 20.3. The summed E-state index contributed by atoms with van der Waals surface area (Å²) in [6.07, 6.45) is 2.38. The molecule has 2 rings (SSSR count). The smallest absolute Gasteiger partial charge is 0.308 e. The van der Waals surface area contributed by atoms with Crippen LogP contribution in [-0.4, -0.2) is 21.3 Å². The molecule has 26 heavy (non-hydrogen) atoms. The Labute approximate surface area is 158 Å². The second kappa shape index (κ2) is 10.2. The Kier molecular flexibility index (Phi) is 7.99. The van der Waals surface area contributed by atoms with Crippen LogP contribution in [0, 0.1) is 5.82 Å². The molecule has 1 atom stereocenters. The van der Waals surface area contributed by atoms with Crippen molar-refractivity contribution in [3.05, 3.63) is 58.9 Å². The molecule has 0 bridgehead atoms. The van der Waals surface area contributed by atoms with Crippen molar-refractivity contribution < 1.29 is 17.9 Å². The van der Waals surface area contributed by atoms with Crippen LogP contribution in [0.4, 0.5) is 20.6 Å². The third-order valence-electron chi connectivity index (χ3n) is 3.48. The average Bonchev–Trinajstić information content (AvgIpc) is 2.58. The largest absolute Gasteiger partial charge is 0.323 e. The highest BCUT2D eigenvalue weighted by molar-refractivity contribution is 7.77. The maximum Gasteiger partial charge on any atom is 0.323 e. The Morgan fingerprint density at radius 2 is 1.85 bits per heavy atom. The summed E-state index contributed by atoms with van der Waals surface area (Å²) in [6, 6.07) is 10.9. The summed E-state index contributed by atoms with van der Waals surface area (Å²) in [5.41, 5.74) is 2.05. The van der Waals surface area contributed by atoms with Gasteiger partial charge in [0.05, 0.1) is 5.02 Å². The van der Waals surface area contributed by atoms with Crippen LogP contribution in [0.1, 0.15) is 18.4 Å². The maximum absolute atomic E-state index is 13.1.